The topological polar surface area (TPSA) is 12.4 Å². The van der Waals surface area contributed by atoms with Gasteiger partial charge in [-0.3, -0.25) is 4.99 Å². The molecule has 13 heavy (non-hydrogen) atoms. The molecule has 0 amide bonds. The number of hydrogen-bond donors (Lipinski definition) is 0. The highest BCUT2D eigenvalue weighted by atomic mass is 14.7. The van der Waals surface area contributed by atoms with Gasteiger partial charge in [-0.2, -0.15) is 0 Å². The van der Waals surface area contributed by atoms with Gasteiger partial charge in [0.15, 0.2) is 0 Å². The van der Waals surface area contributed by atoms with Crippen molar-refractivity contribution in [2.75, 3.05) is 0 Å². The van der Waals surface area contributed by atoms with Gasteiger partial charge < -0.3 is 0 Å². The number of hydrogen-bond acceptors (Lipinski definition) is 1. The lowest BCUT2D eigenvalue weighted by atomic mass is 9.92. The normalized spacial score (nSPS) is 13.0. The zero-order valence-electron chi connectivity index (χ0n) is 9.56. The number of aliphatic imine (C=N–C) groups is 1. The van der Waals surface area contributed by atoms with Crippen molar-refractivity contribution in [1.29, 1.82) is 0 Å². The van der Waals surface area contributed by atoms with E-state index >= 15 is 0 Å². The molecule has 0 aromatic heterocycles. The minimum absolute atomic E-state index is 0.826. The summed E-state index contributed by atoms with van der Waals surface area (Å²) >= 11 is 0. The highest BCUT2D eigenvalue weighted by Gasteiger charge is 2.07. The summed E-state index contributed by atoms with van der Waals surface area (Å²) in [5, 5.41) is 0. The second-order valence-corrected chi connectivity index (χ2v) is 3.59. The number of rotatable bonds is 6. The molecule has 0 spiro atoms. The first-order chi connectivity index (χ1) is 6.19. The molecule has 76 valence electrons. The Bertz CT molecular complexity index is 176. The maximum Gasteiger partial charge on any atom is 0.0357 e. The average molecular weight is 181 g/mol. The monoisotopic (exact) mass is 181 g/mol. The molecule has 0 unspecified atom stereocenters. The lowest BCUT2D eigenvalue weighted by Gasteiger charge is -2.15. The van der Waals surface area contributed by atoms with Crippen LogP contribution in [0.1, 0.15) is 53.4 Å². The highest BCUT2D eigenvalue weighted by Crippen LogP contribution is 2.23. The van der Waals surface area contributed by atoms with Crippen LogP contribution in [0.15, 0.2) is 16.3 Å². The first kappa shape index (κ1) is 12.4. The maximum absolute atomic E-state index is 4.01. The standard InChI is InChI=1S/C12H23N/c1-6-11(7-2)9-12(8-3)10(4)13-5/h11H,5-9H2,1-4H3. The van der Waals surface area contributed by atoms with Gasteiger partial charge in [0.05, 0.1) is 0 Å². The van der Waals surface area contributed by atoms with E-state index in [1.165, 1.54) is 24.8 Å². The van der Waals surface area contributed by atoms with Crippen LogP contribution in [-0.2, 0) is 0 Å². The summed E-state index contributed by atoms with van der Waals surface area (Å²) < 4.78 is 0. The fourth-order valence-electron chi connectivity index (χ4n) is 1.59. The minimum atomic E-state index is 0.826. The molecule has 0 aliphatic rings. The van der Waals surface area contributed by atoms with Gasteiger partial charge in [0.1, 0.15) is 0 Å². The van der Waals surface area contributed by atoms with Gasteiger partial charge in [0.2, 0.25) is 0 Å². The molecular formula is C12H23N. The lowest BCUT2D eigenvalue weighted by molar-refractivity contribution is 0.481. The Morgan fingerprint density at radius 3 is 2.08 bits per heavy atom. The quantitative estimate of drug-likeness (QED) is 0.545. The maximum atomic E-state index is 4.01. The van der Waals surface area contributed by atoms with Crippen molar-refractivity contribution in [3.63, 3.8) is 0 Å². The van der Waals surface area contributed by atoms with Gasteiger partial charge >= 0.3 is 0 Å². The molecule has 0 aliphatic carbocycles. The van der Waals surface area contributed by atoms with Crippen LogP contribution >= 0.6 is 0 Å². The third kappa shape index (κ3) is 4.25. The van der Waals surface area contributed by atoms with Crippen molar-refractivity contribution in [3.8, 4) is 0 Å². The largest absolute Gasteiger partial charge is 0.269 e. The van der Waals surface area contributed by atoms with Gasteiger partial charge in [-0.05, 0) is 38.0 Å². The summed E-state index contributed by atoms with van der Waals surface area (Å²) in [5.41, 5.74) is 2.61. The summed E-state index contributed by atoms with van der Waals surface area (Å²) in [6, 6.07) is 0. The Balaban J connectivity index is 4.35. The van der Waals surface area contributed by atoms with Crippen molar-refractivity contribution < 1.29 is 0 Å². The smallest absolute Gasteiger partial charge is 0.0357 e. The van der Waals surface area contributed by atoms with Crippen molar-refractivity contribution in [1.82, 2.24) is 0 Å². The van der Waals surface area contributed by atoms with E-state index in [1.54, 1.807) is 0 Å². The molecule has 0 saturated carbocycles. The average Bonchev–Trinajstić information content (AvgIpc) is 2.19. The van der Waals surface area contributed by atoms with Gasteiger partial charge in [0, 0.05) is 5.70 Å². The Kier molecular flexibility index (Phi) is 6.56. The molecule has 0 aromatic carbocycles. The van der Waals surface area contributed by atoms with Crippen LogP contribution in [0.4, 0.5) is 0 Å². The molecule has 1 heteroatoms. The van der Waals surface area contributed by atoms with Crippen molar-refractivity contribution >= 4 is 6.72 Å². The highest BCUT2D eigenvalue weighted by molar-refractivity contribution is 5.30. The van der Waals surface area contributed by atoms with E-state index in [0.717, 1.165) is 18.0 Å². The van der Waals surface area contributed by atoms with Crippen LogP contribution in [-0.4, -0.2) is 6.72 Å². The zero-order valence-corrected chi connectivity index (χ0v) is 9.56. The molecule has 0 N–H and O–H groups in total. The SMILES string of the molecule is C=NC(C)=C(CC)CC(CC)CC. The first-order valence-corrected chi connectivity index (χ1v) is 5.34. The Hall–Kier alpha value is -0.590. The summed E-state index contributed by atoms with van der Waals surface area (Å²) in [6.07, 6.45) is 4.85. The van der Waals surface area contributed by atoms with Gasteiger partial charge in [0.25, 0.3) is 0 Å². The Morgan fingerprint density at radius 2 is 1.77 bits per heavy atom. The van der Waals surface area contributed by atoms with E-state index in [9.17, 15) is 0 Å². The van der Waals surface area contributed by atoms with E-state index < -0.39 is 0 Å². The number of allylic oxidation sites excluding steroid dienone is 2. The Labute approximate surface area is 83.0 Å². The van der Waals surface area contributed by atoms with Crippen molar-refractivity contribution in [2.45, 2.75) is 53.4 Å². The molecule has 0 saturated heterocycles. The van der Waals surface area contributed by atoms with E-state index in [0.29, 0.717) is 0 Å². The summed E-state index contributed by atoms with van der Waals surface area (Å²) in [5.74, 6) is 0.826. The fourth-order valence-corrected chi connectivity index (χ4v) is 1.59. The predicted molar refractivity (Wildman–Crippen MR) is 61.2 cm³/mol. The van der Waals surface area contributed by atoms with Crippen LogP contribution in [0.5, 0.6) is 0 Å². The zero-order chi connectivity index (χ0) is 10.3. The van der Waals surface area contributed by atoms with Crippen LogP contribution in [0.25, 0.3) is 0 Å². The lowest BCUT2D eigenvalue weighted by Crippen LogP contribution is -2.00. The first-order valence-electron chi connectivity index (χ1n) is 5.34. The van der Waals surface area contributed by atoms with Gasteiger partial charge in [-0.15, -0.1) is 0 Å². The van der Waals surface area contributed by atoms with Crippen molar-refractivity contribution in [2.24, 2.45) is 10.9 Å². The Morgan fingerprint density at radius 1 is 1.23 bits per heavy atom. The van der Waals surface area contributed by atoms with E-state index in [2.05, 4.69) is 39.4 Å². The molecule has 0 aliphatic heterocycles. The van der Waals surface area contributed by atoms with Crippen molar-refractivity contribution in [3.05, 3.63) is 11.3 Å². The fraction of sp³-hybridized carbons (Fsp3) is 0.750. The molecule has 0 atom stereocenters. The van der Waals surface area contributed by atoms with E-state index in [1.807, 2.05) is 0 Å². The minimum Gasteiger partial charge on any atom is -0.269 e. The molecule has 0 bridgehead atoms. The molecule has 0 radical (unpaired) electrons. The molecule has 1 nitrogen and oxygen atoms in total. The number of nitrogens with zero attached hydrogens (tertiary/aromatic N) is 1. The van der Waals surface area contributed by atoms with E-state index in [-0.39, 0.29) is 0 Å². The predicted octanol–water partition coefficient (Wildman–Crippen LogP) is 4.20. The van der Waals surface area contributed by atoms with E-state index in [4.69, 9.17) is 0 Å². The second kappa shape index (κ2) is 6.88. The molecule has 0 fully saturated rings. The molecule has 0 heterocycles. The molecule has 0 aromatic rings. The summed E-state index contributed by atoms with van der Waals surface area (Å²) in [6.45, 7) is 12.4. The van der Waals surface area contributed by atoms with Gasteiger partial charge in [-0.25, -0.2) is 0 Å². The second-order valence-electron chi connectivity index (χ2n) is 3.59. The van der Waals surface area contributed by atoms with Gasteiger partial charge in [-0.1, -0.05) is 33.6 Å². The summed E-state index contributed by atoms with van der Waals surface area (Å²) in [7, 11) is 0. The molecular weight excluding hydrogens is 158 g/mol. The summed E-state index contributed by atoms with van der Waals surface area (Å²) in [4.78, 5) is 4.01. The third-order valence-corrected chi connectivity index (χ3v) is 2.87. The third-order valence-electron chi connectivity index (χ3n) is 2.87. The van der Waals surface area contributed by atoms with Crippen LogP contribution in [0.3, 0.4) is 0 Å². The van der Waals surface area contributed by atoms with Crippen LogP contribution in [0, 0.1) is 5.92 Å². The molecule has 0 rings (SSSR count). The van der Waals surface area contributed by atoms with Crippen LogP contribution in [0.2, 0.25) is 0 Å². The van der Waals surface area contributed by atoms with Crippen LogP contribution < -0.4 is 0 Å².